The summed E-state index contributed by atoms with van der Waals surface area (Å²) in [5, 5.41) is 12.6. The Hall–Kier alpha value is -4.40. The second-order valence-electron chi connectivity index (χ2n) is 11.1. The maximum absolute atomic E-state index is 13.5. The standard InChI is InChI=1S/C30H30F6N4O5/c1-16(2)12-18-13-19(28(43,29(31,32)33)30(34,35)36)6-8-23(18)45-21-10-11-37-22(14-21)17(3)40-25(41)27(4,39-26(40)42)20-7-9-24(44-5)38-15-20/h6-11,13-17,43H,12H2,1-5H3,(H,39,42). The molecule has 2 N–H and O–H groups in total. The van der Waals surface area contributed by atoms with Crippen LogP contribution in [0.2, 0.25) is 0 Å². The van der Waals surface area contributed by atoms with E-state index in [1.165, 1.54) is 38.6 Å². The zero-order valence-corrected chi connectivity index (χ0v) is 24.7. The second-order valence-corrected chi connectivity index (χ2v) is 11.1. The van der Waals surface area contributed by atoms with Crippen molar-refractivity contribution in [2.75, 3.05) is 7.11 Å². The van der Waals surface area contributed by atoms with Gasteiger partial charge in [0.25, 0.3) is 11.5 Å². The molecular formula is C30H30F6N4O5. The molecule has 3 heterocycles. The first-order valence-electron chi connectivity index (χ1n) is 13.6. The van der Waals surface area contributed by atoms with E-state index in [2.05, 4.69) is 15.3 Å². The van der Waals surface area contributed by atoms with Gasteiger partial charge in [0.1, 0.15) is 17.0 Å². The van der Waals surface area contributed by atoms with E-state index in [-0.39, 0.29) is 35.1 Å². The van der Waals surface area contributed by atoms with Crippen molar-refractivity contribution in [3.8, 4) is 17.4 Å². The first kappa shape index (κ1) is 33.5. The van der Waals surface area contributed by atoms with Crippen LogP contribution in [0.1, 0.15) is 56.1 Å². The van der Waals surface area contributed by atoms with E-state index in [0.717, 1.165) is 11.0 Å². The summed E-state index contributed by atoms with van der Waals surface area (Å²) in [7, 11) is 1.43. The van der Waals surface area contributed by atoms with Crippen molar-refractivity contribution in [1.82, 2.24) is 20.2 Å². The summed E-state index contributed by atoms with van der Waals surface area (Å²) in [6, 6.07) is 6.36. The molecule has 2 atom stereocenters. The van der Waals surface area contributed by atoms with Gasteiger partial charge < -0.3 is 19.9 Å². The lowest BCUT2D eigenvalue weighted by atomic mass is 9.89. The van der Waals surface area contributed by atoms with E-state index in [9.17, 15) is 41.0 Å². The molecule has 0 radical (unpaired) electrons. The molecule has 2 aromatic heterocycles. The average Bonchev–Trinajstić information content (AvgIpc) is 3.19. The Labute approximate surface area is 254 Å². The number of ether oxygens (including phenoxy) is 2. The van der Waals surface area contributed by atoms with Gasteiger partial charge in [-0.05, 0) is 56.0 Å². The van der Waals surface area contributed by atoms with Crippen LogP contribution in [0.4, 0.5) is 31.1 Å². The van der Waals surface area contributed by atoms with Crippen molar-refractivity contribution in [2.24, 2.45) is 5.92 Å². The van der Waals surface area contributed by atoms with Crippen molar-refractivity contribution in [3.63, 3.8) is 0 Å². The molecule has 0 bridgehead atoms. The zero-order chi connectivity index (χ0) is 33.5. The Bertz CT molecular complexity index is 1560. The third-order valence-electron chi connectivity index (χ3n) is 7.47. The molecular weight excluding hydrogens is 610 g/mol. The lowest BCUT2D eigenvalue weighted by molar-refractivity contribution is -0.376. The molecule has 2 unspecified atom stereocenters. The minimum atomic E-state index is -6.04. The van der Waals surface area contributed by atoms with E-state index in [0.29, 0.717) is 23.6 Å². The predicted octanol–water partition coefficient (Wildman–Crippen LogP) is 6.32. The van der Waals surface area contributed by atoms with E-state index >= 15 is 0 Å². The number of benzene rings is 1. The molecule has 1 aromatic carbocycles. The Kier molecular flexibility index (Phi) is 8.81. The lowest BCUT2D eigenvalue weighted by Gasteiger charge is -2.33. The van der Waals surface area contributed by atoms with Gasteiger partial charge in [-0.3, -0.25) is 14.7 Å². The molecule has 15 heteroatoms. The summed E-state index contributed by atoms with van der Waals surface area (Å²) in [6.07, 6.45) is -9.35. The fourth-order valence-electron chi connectivity index (χ4n) is 4.98. The van der Waals surface area contributed by atoms with E-state index in [1.807, 2.05) is 0 Å². The smallest absolute Gasteiger partial charge is 0.430 e. The van der Waals surface area contributed by atoms with Crippen LogP contribution >= 0.6 is 0 Å². The highest BCUT2D eigenvalue weighted by molar-refractivity contribution is 6.07. The summed E-state index contributed by atoms with van der Waals surface area (Å²) in [4.78, 5) is 35.8. The van der Waals surface area contributed by atoms with Crippen LogP contribution in [0.5, 0.6) is 17.4 Å². The molecule has 0 aliphatic carbocycles. The lowest BCUT2D eigenvalue weighted by Crippen LogP contribution is -2.53. The SMILES string of the molecule is COc1ccc(C2(C)NC(=O)N(C(C)c3cc(Oc4ccc(C(O)(C(F)(F)F)C(F)(F)F)cc4CC(C)C)ccn3)C2=O)cn1. The highest BCUT2D eigenvalue weighted by Gasteiger charge is 2.71. The summed E-state index contributed by atoms with van der Waals surface area (Å²) in [5.74, 6) is -0.459. The van der Waals surface area contributed by atoms with Gasteiger partial charge in [-0.2, -0.15) is 26.3 Å². The van der Waals surface area contributed by atoms with E-state index in [4.69, 9.17) is 9.47 Å². The molecule has 9 nitrogen and oxygen atoms in total. The molecule has 4 rings (SSSR count). The Balaban J connectivity index is 1.64. The minimum Gasteiger partial charge on any atom is -0.481 e. The van der Waals surface area contributed by atoms with Gasteiger partial charge in [-0.15, -0.1) is 0 Å². The number of halogens is 6. The number of carbonyl (C=O) groups excluding carboxylic acids is 2. The maximum atomic E-state index is 13.5. The number of aliphatic hydroxyl groups is 1. The quantitative estimate of drug-likeness (QED) is 0.208. The van der Waals surface area contributed by atoms with Crippen LogP contribution in [0.3, 0.4) is 0 Å². The van der Waals surface area contributed by atoms with Gasteiger partial charge in [0.15, 0.2) is 0 Å². The van der Waals surface area contributed by atoms with Gasteiger partial charge in [-0.25, -0.2) is 9.78 Å². The highest BCUT2D eigenvalue weighted by Crippen LogP contribution is 2.51. The molecule has 242 valence electrons. The molecule has 0 spiro atoms. The third-order valence-corrected chi connectivity index (χ3v) is 7.47. The monoisotopic (exact) mass is 640 g/mol. The van der Waals surface area contributed by atoms with Gasteiger partial charge in [0.2, 0.25) is 5.88 Å². The number of amides is 3. The number of nitrogens with one attached hydrogen (secondary N) is 1. The predicted molar refractivity (Wildman–Crippen MR) is 147 cm³/mol. The van der Waals surface area contributed by atoms with Crippen molar-refractivity contribution in [3.05, 3.63) is 77.2 Å². The van der Waals surface area contributed by atoms with Crippen molar-refractivity contribution in [1.29, 1.82) is 0 Å². The Morgan fingerprint density at radius 2 is 1.64 bits per heavy atom. The van der Waals surface area contributed by atoms with Crippen LogP contribution in [0.15, 0.2) is 54.9 Å². The number of methoxy groups -OCH3 is 1. The maximum Gasteiger partial charge on any atom is 0.430 e. The molecule has 3 aromatic rings. The molecule has 1 aliphatic rings. The van der Waals surface area contributed by atoms with Gasteiger partial charge >= 0.3 is 18.4 Å². The van der Waals surface area contributed by atoms with Gasteiger partial charge in [0, 0.05) is 35.7 Å². The van der Waals surface area contributed by atoms with Crippen LogP contribution in [0, 0.1) is 5.92 Å². The molecule has 3 amide bonds. The fourth-order valence-corrected chi connectivity index (χ4v) is 4.98. The van der Waals surface area contributed by atoms with E-state index < -0.39 is 47.0 Å². The normalized spacial score (nSPS) is 18.3. The van der Waals surface area contributed by atoms with Crippen LogP contribution in [-0.2, 0) is 22.4 Å². The van der Waals surface area contributed by atoms with Crippen LogP contribution in [-0.4, -0.2) is 51.4 Å². The first-order chi connectivity index (χ1) is 20.8. The number of pyridine rings is 2. The summed E-state index contributed by atoms with van der Waals surface area (Å²) < 4.78 is 92.1. The fraction of sp³-hybridized carbons (Fsp3) is 0.400. The summed E-state index contributed by atoms with van der Waals surface area (Å²) >= 11 is 0. The number of carbonyl (C=O) groups is 2. The first-order valence-corrected chi connectivity index (χ1v) is 13.6. The van der Waals surface area contributed by atoms with Gasteiger partial charge in [-0.1, -0.05) is 19.9 Å². The van der Waals surface area contributed by atoms with Crippen LogP contribution in [0.25, 0.3) is 0 Å². The number of nitrogens with zero attached hydrogens (tertiary/aromatic N) is 3. The molecule has 1 fully saturated rings. The van der Waals surface area contributed by atoms with E-state index in [1.54, 1.807) is 32.9 Å². The largest absolute Gasteiger partial charge is 0.481 e. The minimum absolute atomic E-state index is 0.0150. The summed E-state index contributed by atoms with van der Waals surface area (Å²) in [6.45, 7) is 6.48. The second kappa shape index (κ2) is 11.8. The molecule has 0 saturated carbocycles. The highest BCUT2D eigenvalue weighted by atomic mass is 19.4. The number of urea groups is 1. The number of imide groups is 1. The van der Waals surface area contributed by atoms with Crippen molar-refractivity contribution in [2.45, 2.75) is 63.7 Å². The molecule has 1 aliphatic heterocycles. The Morgan fingerprint density at radius 1 is 0.978 bits per heavy atom. The average molecular weight is 641 g/mol. The Morgan fingerprint density at radius 3 is 2.20 bits per heavy atom. The number of hydrogen-bond acceptors (Lipinski definition) is 7. The van der Waals surface area contributed by atoms with Crippen molar-refractivity contribution >= 4 is 11.9 Å². The number of rotatable bonds is 9. The zero-order valence-electron chi connectivity index (χ0n) is 24.7. The van der Waals surface area contributed by atoms with Crippen molar-refractivity contribution < 1.29 is 50.5 Å². The van der Waals surface area contributed by atoms with Gasteiger partial charge in [0.05, 0.1) is 18.8 Å². The number of alkyl halides is 6. The number of hydrogen-bond donors (Lipinski definition) is 2. The summed E-state index contributed by atoms with van der Waals surface area (Å²) in [5.41, 5.74) is -7.34. The molecule has 1 saturated heterocycles. The third kappa shape index (κ3) is 6.13. The van der Waals surface area contributed by atoms with Crippen LogP contribution < -0.4 is 14.8 Å². The molecule has 45 heavy (non-hydrogen) atoms. The number of aromatic nitrogens is 2. The topological polar surface area (TPSA) is 114 Å².